The van der Waals surface area contributed by atoms with E-state index in [2.05, 4.69) is 28.9 Å². The minimum atomic E-state index is 1.01. The van der Waals surface area contributed by atoms with Crippen molar-refractivity contribution in [3.8, 4) is 0 Å². The Morgan fingerprint density at radius 3 is 2.67 bits per heavy atom. The highest BCUT2D eigenvalue weighted by Gasteiger charge is 2.14. The van der Waals surface area contributed by atoms with Crippen LogP contribution in [0.3, 0.4) is 0 Å². The Morgan fingerprint density at radius 1 is 1.42 bits per heavy atom. The van der Waals surface area contributed by atoms with Gasteiger partial charge >= 0.3 is 0 Å². The first-order valence-electron chi connectivity index (χ1n) is 5.04. The van der Waals surface area contributed by atoms with Crippen LogP contribution < -0.4 is 0 Å². The van der Waals surface area contributed by atoms with Crippen LogP contribution in [0.25, 0.3) is 0 Å². The molecule has 0 aliphatic heterocycles. The van der Waals surface area contributed by atoms with Crippen molar-refractivity contribution in [1.82, 2.24) is 0 Å². The first-order valence-corrected chi connectivity index (χ1v) is 6.16. The van der Waals surface area contributed by atoms with Crippen LogP contribution in [0.15, 0.2) is 11.6 Å². The third-order valence-electron chi connectivity index (χ3n) is 2.69. The number of halogens is 1. The molecule has 0 nitrogen and oxygen atoms in total. The summed E-state index contributed by atoms with van der Waals surface area (Å²) in [5.41, 5.74) is 1.60. The van der Waals surface area contributed by atoms with Crippen molar-refractivity contribution in [2.45, 2.75) is 45.4 Å². The van der Waals surface area contributed by atoms with E-state index < -0.39 is 0 Å². The molecule has 70 valence electrons. The van der Waals surface area contributed by atoms with E-state index in [0.717, 1.165) is 11.2 Å². The van der Waals surface area contributed by atoms with Gasteiger partial charge in [0.2, 0.25) is 0 Å². The van der Waals surface area contributed by atoms with Crippen molar-refractivity contribution < 1.29 is 0 Å². The smallest absolute Gasteiger partial charge is 0.00660 e. The van der Waals surface area contributed by atoms with Crippen LogP contribution in [0, 0.1) is 5.92 Å². The second-order valence-corrected chi connectivity index (χ2v) is 4.68. The zero-order chi connectivity index (χ0) is 8.81. The van der Waals surface area contributed by atoms with Crippen molar-refractivity contribution in [1.29, 1.82) is 0 Å². The topological polar surface area (TPSA) is 0 Å². The van der Waals surface area contributed by atoms with Gasteiger partial charge < -0.3 is 0 Å². The fraction of sp³-hybridized carbons (Fsp3) is 0.818. The number of alkyl halides is 1. The van der Waals surface area contributed by atoms with Gasteiger partial charge in [-0.3, -0.25) is 0 Å². The van der Waals surface area contributed by atoms with E-state index in [0.29, 0.717) is 0 Å². The van der Waals surface area contributed by atoms with Gasteiger partial charge in [0.15, 0.2) is 0 Å². The highest BCUT2D eigenvalue weighted by atomic mass is 79.9. The molecule has 0 N–H and O–H groups in total. The molecular weight excluding hydrogens is 212 g/mol. The highest BCUT2D eigenvalue weighted by Crippen LogP contribution is 2.29. The molecule has 0 heterocycles. The molecule has 0 atom stereocenters. The molecule has 0 spiro atoms. The fourth-order valence-electron chi connectivity index (χ4n) is 2.05. The lowest BCUT2D eigenvalue weighted by molar-refractivity contribution is 0.543. The monoisotopic (exact) mass is 230 g/mol. The van der Waals surface area contributed by atoms with Gasteiger partial charge in [-0.1, -0.05) is 53.3 Å². The molecule has 0 aromatic rings. The molecule has 0 amide bonds. The quantitative estimate of drug-likeness (QED) is 0.500. The Hall–Kier alpha value is 0.220. The van der Waals surface area contributed by atoms with Crippen LogP contribution >= 0.6 is 15.9 Å². The predicted molar refractivity (Wildman–Crippen MR) is 58.7 cm³/mol. The average Bonchev–Trinajstić information content (AvgIpc) is 2.53. The molecule has 0 bridgehead atoms. The van der Waals surface area contributed by atoms with Gasteiger partial charge in [0.1, 0.15) is 0 Å². The summed E-state index contributed by atoms with van der Waals surface area (Å²) >= 11 is 3.45. The molecule has 1 heteroatoms. The summed E-state index contributed by atoms with van der Waals surface area (Å²) in [6.07, 6.45) is 10.8. The van der Waals surface area contributed by atoms with Crippen molar-refractivity contribution in [3.63, 3.8) is 0 Å². The molecule has 1 saturated carbocycles. The number of allylic oxidation sites excluding steroid dienone is 2. The number of hydrogen-bond acceptors (Lipinski definition) is 0. The lowest BCUT2D eigenvalue weighted by Crippen LogP contribution is -1.93. The minimum Gasteiger partial charge on any atom is -0.0925 e. The van der Waals surface area contributed by atoms with Crippen LogP contribution in [-0.4, -0.2) is 5.33 Å². The Bertz CT molecular complexity index is 143. The lowest BCUT2D eigenvalue weighted by atomic mass is 9.98. The molecule has 1 aliphatic carbocycles. The first kappa shape index (κ1) is 10.3. The van der Waals surface area contributed by atoms with Crippen LogP contribution in [-0.2, 0) is 0 Å². The third kappa shape index (κ3) is 3.75. The molecule has 1 aliphatic rings. The predicted octanol–water partition coefficient (Wildman–Crippen LogP) is 4.30. The van der Waals surface area contributed by atoms with E-state index in [1.807, 2.05) is 0 Å². The molecule has 0 unspecified atom stereocenters. The van der Waals surface area contributed by atoms with Gasteiger partial charge in [0.25, 0.3) is 0 Å². The molecule has 0 saturated heterocycles. The van der Waals surface area contributed by atoms with Crippen molar-refractivity contribution in [2.75, 3.05) is 5.33 Å². The van der Waals surface area contributed by atoms with E-state index >= 15 is 0 Å². The van der Waals surface area contributed by atoms with Crippen LogP contribution in [0.2, 0.25) is 0 Å². The molecule has 12 heavy (non-hydrogen) atoms. The standard InChI is InChI=1S/C11H19Br/c1-10(5-4-8-12)9-11-6-2-3-7-11/h5,11H,2-4,6-9H2,1H3. The minimum absolute atomic E-state index is 1.01. The molecule has 0 aromatic heterocycles. The Morgan fingerprint density at radius 2 is 2.08 bits per heavy atom. The number of hydrogen-bond donors (Lipinski definition) is 0. The molecule has 0 aromatic carbocycles. The van der Waals surface area contributed by atoms with E-state index in [1.54, 1.807) is 5.57 Å². The summed E-state index contributed by atoms with van der Waals surface area (Å²) in [5.74, 6) is 1.01. The van der Waals surface area contributed by atoms with Crippen LogP contribution in [0.5, 0.6) is 0 Å². The Balaban J connectivity index is 2.19. The second kappa shape index (κ2) is 5.80. The van der Waals surface area contributed by atoms with E-state index in [1.165, 1.54) is 38.5 Å². The highest BCUT2D eigenvalue weighted by molar-refractivity contribution is 9.09. The van der Waals surface area contributed by atoms with Gasteiger partial charge in [0, 0.05) is 5.33 Å². The van der Waals surface area contributed by atoms with Crippen LogP contribution in [0.1, 0.15) is 45.4 Å². The summed E-state index contributed by atoms with van der Waals surface area (Å²) in [6.45, 7) is 2.28. The summed E-state index contributed by atoms with van der Waals surface area (Å²) < 4.78 is 0. The van der Waals surface area contributed by atoms with Gasteiger partial charge in [-0.15, -0.1) is 0 Å². The Kier molecular flexibility index (Phi) is 4.98. The van der Waals surface area contributed by atoms with Gasteiger partial charge in [-0.25, -0.2) is 0 Å². The van der Waals surface area contributed by atoms with E-state index in [-0.39, 0.29) is 0 Å². The second-order valence-electron chi connectivity index (χ2n) is 3.88. The SMILES string of the molecule is CC(=CCCBr)CC1CCCC1. The molecule has 0 radical (unpaired) electrons. The first-order chi connectivity index (χ1) is 5.83. The van der Waals surface area contributed by atoms with Crippen molar-refractivity contribution >= 4 is 15.9 Å². The summed E-state index contributed by atoms with van der Waals surface area (Å²) in [7, 11) is 0. The van der Waals surface area contributed by atoms with E-state index in [9.17, 15) is 0 Å². The summed E-state index contributed by atoms with van der Waals surface area (Å²) in [4.78, 5) is 0. The zero-order valence-electron chi connectivity index (χ0n) is 7.98. The van der Waals surface area contributed by atoms with Gasteiger partial charge in [-0.05, 0) is 25.7 Å². The summed E-state index contributed by atoms with van der Waals surface area (Å²) in [6, 6.07) is 0. The largest absolute Gasteiger partial charge is 0.0925 e. The van der Waals surface area contributed by atoms with Crippen LogP contribution in [0.4, 0.5) is 0 Å². The van der Waals surface area contributed by atoms with Gasteiger partial charge in [0.05, 0.1) is 0 Å². The van der Waals surface area contributed by atoms with Crippen molar-refractivity contribution in [2.24, 2.45) is 5.92 Å². The lowest BCUT2D eigenvalue weighted by Gasteiger charge is -2.08. The maximum absolute atomic E-state index is 3.45. The molecule has 1 fully saturated rings. The zero-order valence-corrected chi connectivity index (χ0v) is 9.57. The number of rotatable bonds is 4. The maximum Gasteiger partial charge on any atom is 0.00660 e. The van der Waals surface area contributed by atoms with Crippen molar-refractivity contribution in [3.05, 3.63) is 11.6 Å². The molecular formula is C11H19Br. The van der Waals surface area contributed by atoms with Gasteiger partial charge in [-0.2, -0.15) is 0 Å². The third-order valence-corrected chi connectivity index (χ3v) is 3.15. The van der Waals surface area contributed by atoms with E-state index in [4.69, 9.17) is 0 Å². The fourth-order valence-corrected chi connectivity index (χ4v) is 2.28. The summed E-state index contributed by atoms with van der Waals surface area (Å²) in [5, 5.41) is 1.11. The normalized spacial score (nSPS) is 20.3. The maximum atomic E-state index is 3.45. The Labute approximate surface area is 84.6 Å². The molecule has 1 rings (SSSR count). The average molecular weight is 231 g/mol.